The Balaban J connectivity index is 1.41. The van der Waals surface area contributed by atoms with Crippen LogP contribution in [-0.4, -0.2) is 33.8 Å². The lowest BCUT2D eigenvalue weighted by Gasteiger charge is -2.31. The van der Waals surface area contributed by atoms with E-state index in [1.165, 1.54) is 12.3 Å². The van der Waals surface area contributed by atoms with E-state index in [-0.39, 0.29) is 41.8 Å². The SMILES string of the molecule is Cc1cnc(C(=O)Cc2ccc(F)c([C@]3(C)N=C(NC(=O)c4ccccc4)OC4C[C@@H]43)c2)cn1. The van der Waals surface area contributed by atoms with E-state index in [9.17, 15) is 9.59 Å². The van der Waals surface area contributed by atoms with Gasteiger partial charge >= 0.3 is 0 Å². The van der Waals surface area contributed by atoms with Crippen molar-refractivity contribution >= 4 is 17.7 Å². The third kappa shape index (κ3) is 4.19. The summed E-state index contributed by atoms with van der Waals surface area (Å²) >= 11 is 0. The van der Waals surface area contributed by atoms with Crippen LogP contribution in [0.15, 0.2) is 65.9 Å². The van der Waals surface area contributed by atoms with Gasteiger partial charge in [0.15, 0.2) is 5.78 Å². The maximum absolute atomic E-state index is 15.0. The first-order chi connectivity index (χ1) is 16.3. The van der Waals surface area contributed by atoms with Gasteiger partial charge in [-0.1, -0.05) is 24.3 Å². The Hall–Kier alpha value is -3.94. The van der Waals surface area contributed by atoms with E-state index in [1.807, 2.05) is 13.0 Å². The van der Waals surface area contributed by atoms with Gasteiger partial charge in [-0.25, -0.2) is 14.4 Å². The Morgan fingerprint density at radius 1 is 1.15 bits per heavy atom. The lowest BCUT2D eigenvalue weighted by atomic mass is 9.85. The van der Waals surface area contributed by atoms with Gasteiger partial charge in [-0.05, 0) is 50.1 Å². The topological polar surface area (TPSA) is 93.5 Å². The number of hydrogen-bond donors (Lipinski definition) is 1. The molecule has 2 heterocycles. The molecular weight excluding hydrogens is 435 g/mol. The summed E-state index contributed by atoms with van der Waals surface area (Å²) in [6, 6.07) is 13.4. The maximum Gasteiger partial charge on any atom is 0.292 e. The number of nitrogens with zero attached hydrogens (tertiary/aromatic N) is 3. The first kappa shape index (κ1) is 21.9. The molecule has 172 valence electrons. The van der Waals surface area contributed by atoms with Gasteiger partial charge in [-0.3, -0.25) is 19.9 Å². The fourth-order valence-corrected chi connectivity index (χ4v) is 4.32. The second-order valence-corrected chi connectivity index (χ2v) is 8.84. The molecule has 1 amide bonds. The standard InChI is InChI=1S/C26H23FN4O3/c1-15-13-29-21(14-28-15)22(32)11-16-8-9-20(27)18(10-16)26(2)19-12-23(19)34-25(31-26)30-24(33)17-6-4-3-5-7-17/h3-10,13-14,19,23H,11-12H2,1-2H3,(H,30,31,33)/t19-,23?,26-/m0/s1. The Bertz CT molecular complexity index is 1290. The fraction of sp³-hybridized carbons (Fsp3) is 0.269. The minimum Gasteiger partial charge on any atom is -0.461 e. The number of amidine groups is 1. The molecule has 0 bridgehead atoms. The van der Waals surface area contributed by atoms with Crippen LogP contribution in [0.3, 0.4) is 0 Å². The molecule has 1 aliphatic carbocycles. The lowest BCUT2D eigenvalue weighted by Crippen LogP contribution is -2.41. The number of carbonyl (C=O) groups excluding carboxylic acids is 2. The monoisotopic (exact) mass is 458 g/mol. The van der Waals surface area contributed by atoms with Crippen LogP contribution < -0.4 is 5.32 Å². The lowest BCUT2D eigenvalue weighted by molar-refractivity contribution is 0.0953. The number of nitrogens with one attached hydrogen (secondary N) is 1. The first-order valence-corrected chi connectivity index (χ1v) is 11.1. The van der Waals surface area contributed by atoms with Gasteiger partial charge in [-0.2, -0.15) is 0 Å². The van der Waals surface area contributed by atoms with Gasteiger partial charge in [0.25, 0.3) is 11.9 Å². The molecule has 1 N–H and O–H groups in total. The third-order valence-electron chi connectivity index (χ3n) is 6.31. The smallest absolute Gasteiger partial charge is 0.292 e. The fourth-order valence-electron chi connectivity index (χ4n) is 4.32. The van der Waals surface area contributed by atoms with Crippen molar-refractivity contribution in [2.45, 2.75) is 38.3 Å². The molecule has 0 saturated heterocycles. The van der Waals surface area contributed by atoms with Gasteiger partial charge in [0.05, 0.1) is 17.4 Å². The second-order valence-electron chi connectivity index (χ2n) is 8.84. The maximum atomic E-state index is 15.0. The molecular formula is C26H23FN4O3. The van der Waals surface area contributed by atoms with E-state index >= 15 is 4.39 Å². The molecule has 1 saturated carbocycles. The van der Waals surface area contributed by atoms with Crippen LogP contribution in [0.4, 0.5) is 4.39 Å². The third-order valence-corrected chi connectivity index (χ3v) is 6.31. The van der Waals surface area contributed by atoms with E-state index < -0.39 is 11.4 Å². The van der Waals surface area contributed by atoms with E-state index in [0.29, 0.717) is 23.1 Å². The van der Waals surface area contributed by atoms with Crippen molar-refractivity contribution in [2.75, 3.05) is 0 Å². The molecule has 5 rings (SSSR count). The molecule has 3 atom stereocenters. The number of ketones is 1. The normalized spacial score (nSPS) is 22.7. The van der Waals surface area contributed by atoms with Crippen molar-refractivity contribution in [1.29, 1.82) is 0 Å². The number of aryl methyl sites for hydroxylation is 1. The van der Waals surface area contributed by atoms with E-state index in [4.69, 9.17) is 4.74 Å². The summed E-state index contributed by atoms with van der Waals surface area (Å²) in [6.45, 7) is 3.63. The number of Topliss-reactive ketones (excluding diaryl/α,β-unsaturated/α-hetero) is 1. The van der Waals surface area contributed by atoms with Crippen molar-refractivity contribution in [3.05, 3.63) is 94.8 Å². The molecule has 0 radical (unpaired) electrons. The zero-order valence-electron chi connectivity index (χ0n) is 18.8. The number of aliphatic imine (C=N–C) groups is 1. The van der Waals surface area contributed by atoms with Gasteiger partial charge in [0, 0.05) is 29.7 Å². The Morgan fingerprint density at radius 2 is 1.94 bits per heavy atom. The van der Waals surface area contributed by atoms with Crippen molar-refractivity contribution < 1.29 is 18.7 Å². The summed E-state index contributed by atoms with van der Waals surface area (Å²) in [5.74, 6) is -0.988. The highest BCUT2D eigenvalue weighted by Gasteiger charge is 2.57. The van der Waals surface area contributed by atoms with Crippen LogP contribution in [0, 0.1) is 18.7 Å². The summed E-state index contributed by atoms with van der Waals surface area (Å²) in [5, 5.41) is 2.71. The number of halogens is 1. The summed E-state index contributed by atoms with van der Waals surface area (Å²) in [5.41, 5.74) is 1.54. The van der Waals surface area contributed by atoms with Crippen molar-refractivity contribution in [3.8, 4) is 0 Å². The van der Waals surface area contributed by atoms with Crippen LogP contribution in [0.5, 0.6) is 0 Å². The van der Waals surface area contributed by atoms with Gasteiger partial charge in [-0.15, -0.1) is 0 Å². The summed E-state index contributed by atoms with van der Waals surface area (Å²) in [6.07, 6.45) is 3.60. The minimum atomic E-state index is -0.935. The first-order valence-electron chi connectivity index (χ1n) is 11.1. The van der Waals surface area contributed by atoms with Gasteiger partial charge < -0.3 is 4.74 Å². The predicted molar refractivity (Wildman–Crippen MR) is 123 cm³/mol. The largest absolute Gasteiger partial charge is 0.461 e. The van der Waals surface area contributed by atoms with Crippen LogP contribution >= 0.6 is 0 Å². The number of ether oxygens (including phenoxy) is 1. The predicted octanol–water partition coefficient (Wildman–Crippen LogP) is 3.77. The Morgan fingerprint density at radius 3 is 2.68 bits per heavy atom. The Labute approximate surface area is 196 Å². The highest BCUT2D eigenvalue weighted by Crippen LogP contribution is 2.53. The zero-order valence-corrected chi connectivity index (χ0v) is 18.8. The van der Waals surface area contributed by atoms with Crippen molar-refractivity contribution in [2.24, 2.45) is 10.9 Å². The summed E-state index contributed by atoms with van der Waals surface area (Å²) in [7, 11) is 0. The van der Waals surface area contributed by atoms with Gasteiger partial charge in [0.1, 0.15) is 17.6 Å². The van der Waals surface area contributed by atoms with E-state index in [2.05, 4.69) is 20.3 Å². The quantitative estimate of drug-likeness (QED) is 0.588. The average molecular weight is 458 g/mol. The molecule has 1 unspecified atom stereocenters. The molecule has 7 nitrogen and oxygen atoms in total. The zero-order chi connectivity index (χ0) is 23.9. The number of fused-ring (bicyclic) bond motifs is 1. The second kappa shape index (κ2) is 8.44. The number of hydrogen-bond acceptors (Lipinski definition) is 6. The summed E-state index contributed by atoms with van der Waals surface area (Å²) in [4.78, 5) is 38.1. The number of rotatable bonds is 5. The van der Waals surface area contributed by atoms with Crippen molar-refractivity contribution in [1.82, 2.24) is 15.3 Å². The number of aromatic nitrogens is 2. The van der Waals surface area contributed by atoms with E-state index in [0.717, 1.165) is 5.69 Å². The number of benzene rings is 2. The molecule has 2 aromatic carbocycles. The average Bonchev–Trinajstić information content (AvgIpc) is 3.62. The Kier molecular flexibility index (Phi) is 5.43. The molecule has 3 aromatic rings. The molecule has 1 fully saturated rings. The van der Waals surface area contributed by atoms with Crippen LogP contribution in [0.25, 0.3) is 0 Å². The molecule has 34 heavy (non-hydrogen) atoms. The van der Waals surface area contributed by atoms with Crippen LogP contribution in [0.2, 0.25) is 0 Å². The molecule has 2 aliphatic rings. The number of carbonyl (C=O) groups is 2. The molecule has 0 spiro atoms. The van der Waals surface area contributed by atoms with Crippen LogP contribution in [-0.2, 0) is 16.7 Å². The molecule has 8 heteroatoms. The highest BCUT2D eigenvalue weighted by molar-refractivity contribution is 6.04. The highest BCUT2D eigenvalue weighted by atomic mass is 19.1. The number of amides is 1. The summed E-state index contributed by atoms with van der Waals surface area (Å²) < 4.78 is 20.8. The molecule has 1 aliphatic heterocycles. The van der Waals surface area contributed by atoms with Crippen LogP contribution in [0.1, 0.15) is 51.0 Å². The molecule has 1 aromatic heterocycles. The van der Waals surface area contributed by atoms with E-state index in [1.54, 1.807) is 49.5 Å². The minimum absolute atomic E-state index is 0.0201. The van der Waals surface area contributed by atoms with Crippen molar-refractivity contribution in [3.63, 3.8) is 0 Å². The van der Waals surface area contributed by atoms with Gasteiger partial charge in [0.2, 0.25) is 0 Å².